The molecular formula is C32H38N4O5. The monoisotopic (exact) mass is 558 g/mol. The average Bonchev–Trinajstić information content (AvgIpc) is 3.80. The van der Waals surface area contributed by atoms with Crippen LogP contribution in [0.1, 0.15) is 55.8 Å². The first-order valence-electron chi connectivity index (χ1n) is 14.3. The van der Waals surface area contributed by atoms with Crippen molar-refractivity contribution in [2.45, 2.75) is 51.9 Å². The lowest BCUT2D eigenvalue weighted by atomic mass is 9.96. The highest BCUT2D eigenvalue weighted by molar-refractivity contribution is 5.91. The van der Waals surface area contributed by atoms with Gasteiger partial charge in [0.1, 0.15) is 11.6 Å². The lowest BCUT2D eigenvalue weighted by Gasteiger charge is -2.17. The largest absolute Gasteiger partial charge is 0.493 e. The molecule has 216 valence electrons. The van der Waals surface area contributed by atoms with Crippen molar-refractivity contribution in [3.8, 4) is 17.2 Å². The number of rotatable bonds is 14. The fraction of sp³-hybridized carbons (Fsp3) is 0.406. The zero-order chi connectivity index (χ0) is 28.9. The highest BCUT2D eigenvalue weighted by Crippen LogP contribution is 2.36. The number of ether oxygens (including phenoxy) is 3. The van der Waals surface area contributed by atoms with Crippen LogP contribution in [0.4, 0.5) is 5.82 Å². The van der Waals surface area contributed by atoms with Crippen LogP contribution in [0.25, 0.3) is 21.7 Å². The summed E-state index contributed by atoms with van der Waals surface area (Å²) < 4.78 is 17.2. The van der Waals surface area contributed by atoms with Crippen LogP contribution in [0.2, 0.25) is 0 Å². The first-order chi connectivity index (χ1) is 19.9. The number of aromatic nitrogens is 2. The van der Waals surface area contributed by atoms with Crippen LogP contribution in [0.3, 0.4) is 0 Å². The lowest BCUT2D eigenvalue weighted by molar-refractivity contribution is -0.118. The molecule has 2 aromatic heterocycles. The number of aryl methyl sites for hydroxylation is 1. The zero-order valence-corrected chi connectivity index (χ0v) is 24.0. The molecule has 5 rings (SSSR count). The molecule has 0 radical (unpaired) electrons. The van der Waals surface area contributed by atoms with E-state index in [1.54, 1.807) is 14.2 Å². The van der Waals surface area contributed by atoms with Gasteiger partial charge in [0, 0.05) is 41.4 Å². The number of aromatic amines is 1. The minimum atomic E-state index is -0.341. The molecule has 1 fully saturated rings. The number of amides is 1. The number of nitrogens with two attached hydrogens (primary N) is 1. The number of anilines is 1. The quantitative estimate of drug-likeness (QED) is 0.184. The number of carbonyl (C=O) groups excluding carboxylic acids is 1. The van der Waals surface area contributed by atoms with Gasteiger partial charge in [-0.2, -0.15) is 0 Å². The minimum Gasteiger partial charge on any atom is -0.493 e. The van der Waals surface area contributed by atoms with Crippen molar-refractivity contribution in [3.63, 3.8) is 0 Å². The summed E-state index contributed by atoms with van der Waals surface area (Å²) >= 11 is 0. The number of fused-ring (bicyclic) bond motifs is 2. The lowest BCUT2D eigenvalue weighted by Crippen LogP contribution is -2.18. The second-order valence-electron chi connectivity index (χ2n) is 10.7. The summed E-state index contributed by atoms with van der Waals surface area (Å²) in [7, 11) is 3.20. The molecule has 0 saturated heterocycles. The molecule has 2 heterocycles. The fourth-order valence-corrected chi connectivity index (χ4v) is 5.14. The van der Waals surface area contributed by atoms with Gasteiger partial charge in [0.25, 0.3) is 5.56 Å². The normalized spacial score (nSPS) is 13.0. The molecule has 1 saturated carbocycles. The molecule has 1 amide bonds. The highest BCUT2D eigenvalue weighted by atomic mass is 16.5. The predicted molar refractivity (Wildman–Crippen MR) is 161 cm³/mol. The molecule has 9 heteroatoms. The van der Waals surface area contributed by atoms with E-state index < -0.39 is 0 Å². The van der Waals surface area contributed by atoms with Crippen LogP contribution < -0.4 is 30.8 Å². The van der Waals surface area contributed by atoms with Crippen molar-refractivity contribution in [1.29, 1.82) is 0 Å². The minimum absolute atomic E-state index is 0.144. The van der Waals surface area contributed by atoms with Gasteiger partial charge in [0.15, 0.2) is 11.5 Å². The van der Waals surface area contributed by atoms with E-state index in [9.17, 15) is 9.59 Å². The van der Waals surface area contributed by atoms with E-state index in [-0.39, 0.29) is 17.9 Å². The van der Waals surface area contributed by atoms with E-state index in [4.69, 9.17) is 24.9 Å². The number of H-pyrrole nitrogens is 1. The van der Waals surface area contributed by atoms with Gasteiger partial charge in [-0.15, -0.1) is 0 Å². The van der Waals surface area contributed by atoms with E-state index in [1.165, 1.54) is 12.8 Å². The third-order valence-corrected chi connectivity index (χ3v) is 7.52. The molecule has 41 heavy (non-hydrogen) atoms. The number of hydrogen-bond acceptors (Lipinski definition) is 7. The van der Waals surface area contributed by atoms with Gasteiger partial charge in [0.2, 0.25) is 5.91 Å². The number of nitrogens with one attached hydrogen (secondary N) is 2. The number of benzene rings is 2. The number of primary amides is 1. The van der Waals surface area contributed by atoms with Crippen LogP contribution in [-0.4, -0.2) is 43.2 Å². The second-order valence-corrected chi connectivity index (χ2v) is 10.7. The molecule has 0 spiro atoms. The SMILES string of the molecule is CCCc1[nH]c(=O)c(Cc2cc3cc(OCC4CC4)ccc3nc2NCCCC(N)=O)c2cc(OC)c(OC)cc12. The van der Waals surface area contributed by atoms with Gasteiger partial charge >= 0.3 is 0 Å². The Morgan fingerprint density at radius 1 is 1.10 bits per heavy atom. The molecule has 0 unspecified atom stereocenters. The molecule has 0 atom stereocenters. The summed E-state index contributed by atoms with van der Waals surface area (Å²) in [5.41, 5.74) is 8.35. The van der Waals surface area contributed by atoms with Crippen molar-refractivity contribution in [3.05, 3.63) is 63.6 Å². The summed E-state index contributed by atoms with van der Waals surface area (Å²) in [6, 6.07) is 11.8. The molecule has 4 aromatic rings. The van der Waals surface area contributed by atoms with Crippen LogP contribution in [0, 0.1) is 5.92 Å². The van der Waals surface area contributed by atoms with Crippen molar-refractivity contribution < 1.29 is 19.0 Å². The van der Waals surface area contributed by atoms with Gasteiger partial charge < -0.3 is 30.2 Å². The Morgan fingerprint density at radius 3 is 2.54 bits per heavy atom. The molecule has 2 aromatic carbocycles. The Kier molecular flexibility index (Phi) is 8.61. The molecule has 1 aliphatic rings. The number of methoxy groups -OCH3 is 2. The fourth-order valence-electron chi connectivity index (χ4n) is 5.14. The third kappa shape index (κ3) is 6.56. The predicted octanol–water partition coefficient (Wildman–Crippen LogP) is 5.10. The molecule has 1 aliphatic carbocycles. The van der Waals surface area contributed by atoms with Gasteiger partial charge in [-0.3, -0.25) is 9.59 Å². The summed E-state index contributed by atoms with van der Waals surface area (Å²) in [6.07, 6.45) is 5.26. The van der Waals surface area contributed by atoms with Gasteiger partial charge in [-0.1, -0.05) is 13.3 Å². The van der Waals surface area contributed by atoms with Gasteiger partial charge in [0.05, 0.1) is 26.3 Å². The molecule has 4 N–H and O–H groups in total. The van der Waals surface area contributed by atoms with Crippen molar-refractivity contribution in [1.82, 2.24) is 9.97 Å². The van der Waals surface area contributed by atoms with E-state index in [1.807, 2.05) is 30.3 Å². The Morgan fingerprint density at radius 2 is 1.85 bits per heavy atom. The molecule has 0 bridgehead atoms. The maximum atomic E-state index is 13.6. The van der Waals surface area contributed by atoms with Crippen molar-refractivity contribution in [2.75, 3.05) is 32.7 Å². The number of pyridine rings is 2. The van der Waals surface area contributed by atoms with Crippen LogP contribution in [-0.2, 0) is 17.6 Å². The topological polar surface area (TPSA) is 129 Å². The number of hydrogen-bond donors (Lipinski definition) is 3. The molecule has 9 nitrogen and oxygen atoms in total. The maximum absolute atomic E-state index is 13.6. The standard InChI is InChI=1S/C32H38N4O5/c1-4-6-27-24-17-29(40-3)28(39-2)16-23(24)25(32(38)36-27)15-21-13-20-14-22(41-18-19-8-9-19)10-11-26(20)35-31(21)34-12-5-7-30(33)37/h10-11,13-14,16-17,19H,4-9,12,15,18H2,1-3H3,(H2,33,37)(H,34,35)(H,36,38). The van der Waals surface area contributed by atoms with Crippen molar-refractivity contribution in [2.24, 2.45) is 11.7 Å². The van der Waals surface area contributed by atoms with E-state index in [0.717, 1.165) is 58.1 Å². The van der Waals surface area contributed by atoms with E-state index in [0.29, 0.717) is 48.2 Å². The van der Waals surface area contributed by atoms with Crippen LogP contribution in [0.15, 0.2) is 41.2 Å². The summed E-state index contributed by atoms with van der Waals surface area (Å²) in [4.78, 5) is 32.9. The zero-order valence-electron chi connectivity index (χ0n) is 24.0. The Bertz CT molecular complexity index is 1630. The first-order valence-corrected chi connectivity index (χ1v) is 14.3. The smallest absolute Gasteiger partial charge is 0.252 e. The average molecular weight is 559 g/mol. The van der Waals surface area contributed by atoms with E-state index >= 15 is 0 Å². The number of nitrogens with zero attached hydrogens (tertiary/aromatic N) is 1. The Balaban J connectivity index is 1.59. The van der Waals surface area contributed by atoms with Gasteiger partial charge in [-0.05, 0) is 78.9 Å². The van der Waals surface area contributed by atoms with Crippen molar-refractivity contribution >= 4 is 33.4 Å². The Labute approximate surface area is 239 Å². The first kappa shape index (κ1) is 28.3. The summed E-state index contributed by atoms with van der Waals surface area (Å²) in [5.74, 6) is 2.96. The van der Waals surface area contributed by atoms with Crippen LogP contribution in [0.5, 0.6) is 17.2 Å². The summed E-state index contributed by atoms with van der Waals surface area (Å²) in [5, 5.41) is 6.05. The summed E-state index contributed by atoms with van der Waals surface area (Å²) in [6.45, 7) is 3.33. The molecular weight excluding hydrogens is 520 g/mol. The maximum Gasteiger partial charge on any atom is 0.252 e. The Hall–Kier alpha value is -4.27. The number of carbonyl (C=O) groups is 1. The van der Waals surface area contributed by atoms with E-state index in [2.05, 4.69) is 23.3 Å². The highest BCUT2D eigenvalue weighted by Gasteiger charge is 2.22. The third-order valence-electron chi connectivity index (χ3n) is 7.52. The van der Waals surface area contributed by atoms with Crippen LogP contribution >= 0.6 is 0 Å². The molecule has 0 aliphatic heterocycles. The van der Waals surface area contributed by atoms with Gasteiger partial charge in [-0.25, -0.2) is 4.98 Å². The second kappa shape index (κ2) is 12.5.